The van der Waals surface area contributed by atoms with Crippen molar-refractivity contribution in [2.75, 3.05) is 13.1 Å². The Balaban J connectivity index is 2.30. The summed E-state index contributed by atoms with van der Waals surface area (Å²) in [6.07, 6.45) is 4.40. The minimum absolute atomic E-state index is 0.440. The first-order valence-electron chi connectivity index (χ1n) is 5.12. The van der Waals surface area contributed by atoms with Crippen molar-refractivity contribution < 1.29 is 0 Å². The molecule has 1 heterocycles. The van der Waals surface area contributed by atoms with Crippen molar-refractivity contribution in [3.05, 3.63) is 0 Å². The van der Waals surface area contributed by atoms with Crippen molar-refractivity contribution in [1.82, 2.24) is 3.88 Å². The second-order valence-electron chi connectivity index (χ2n) is 3.57. The standard InChI is InChI=1S/C5H10N.2C2H5.Al/c1-2-4-6-5-3-1;2*1-2;/h1-5H2;2*1H2,2H3;/q-1;;;. The Kier molecular flexibility index (Phi) is 4.52. The van der Waals surface area contributed by atoms with Gasteiger partial charge in [-0.25, -0.2) is 10.6 Å². The lowest BCUT2D eigenvalue weighted by Gasteiger charge is -2.43. The van der Waals surface area contributed by atoms with E-state index in [2.05, 4.69) is 17.7 Å². The number of rotatable bonds is 3. The Morgan fingerprint density at radius 2 is 1.55 bits per heavy atom. The van der Waals surface area contributed by atoms with E-state index in [4.69, 9.17) is 0 Å². The minimum Gasteiger partial charge on any atom is -0.539 e. The van der Waals surface area contributed by atoms with Gasteiger partial charge in [-0.05, 0) is 25.9 Å². The summed E-state index contributed by atoms with van der Waals surface area (Å²) in [6, 6.07) is 0. The third kappa shape index (κ3) is 2.78. The molecule has 0 spiro atoms. The van der Waals surface area contributed by atoms with Crippen molar-refractivity contribution in [3.63, 3.8) is 0 Å². The number of piperidine rings is 1. The molecule has 0 unspecified atom stereocenters. The molecule has 1 rings (SSSR count). The topological polar surface area (TPSA) is 3.24 Å². The van der Waals surface area contributed by atoms with Gasteiger partial charge >= 0.3 is 0 Å². The first-order valence-corrected chi connectivity index (χ1v) is 7.27. The third-order valence-corrected chi connectivity index (χ3v) is 6.28. The molecule has 0 bridgehead atoms. The maximum absolute atomic E-state index is 2.81. The van der Waals surface area contributed by atoms with E-state index in [0.29, 0.717) is 0 Å². The summed E-state index contributed by atoms with van der Waals surface area (Å²) in [5.74, 6) is 0. The Morgan fingerprint density at radius 1 is 1.00 bits per heavy atom. The van der Waals surface area contributed by atoms with Crippen LogP contribution in [0.25, 0.3) is 0 Å². The Labute approximate surface area is 75.4 Å². The molecule has 65 valence electrons. The fraction of sp³-hybridized carbons (Fsp3) is 1.00. The van der Waals surface area contributed by atoms with Crippen LogP contribution < -0.4 is 0 Å². The maximum atomic E-state index is 2.81. The molecule has 1 radical (unpaired) electrons. The molecule has 0 aliphatic carbocycles. The van der Waals surface area contributed by atoms with Gasteiger partial charge in [0.25, 0.3) is 0 Å². The molecular formula is C9H20AlN-. The third-order valence-electron chi connectivity index (χ3n) is 2.85. The molecule has 2 heteroatoms. The summed E-state index contributed by atoms with van der Waals surface area (Å²) >= 11 is -0.440. The minimum atomic E-state index is -0.440. The first-order chi connectivity index (χ1) is 5.38. The van der Waals surface area contributed by atoms with Crippen molar-refractivity contribution in [3.8, 4) is 0 Å². The monoisotopic (exact) mass is 169 g/mol. The number of hydrogen-bond acceptors (Lipinski definition) is 1. The van der Waals surface area contributed by atoms with Crippen LogP contribution in [0.1, 0.15) is 33.1 Å². The molecule has 0 amide bonds. The zero-order valence-corrected chi connectivity index (χ0v) is 9.13. The summed E-state index contributed by atoms with van der Waals surface area (Å²) in [5, 5.41) is 2.94. The van der Waals surface area contributed by atoms with Gasteiger partial charge in [-0.1, -0.05) is 6.42 Å². The lowest BCUT2D eigenvalue weighted by Crippen LogP contribution is -2.41. The molecule has 0 aromatic carbocycles. The van der Waals surface area contributed by atoms with Gasteiger partial charge in [0.05, 0.1) is 14.4 Å². The molecule has 1 aliphatic rings. The molecule has 0 atom stereocenters. The number of hydrogen-bond donors (Lipinski definition) is 0. The quantitative estimate of drug-likeness (QED) is 0.587. The summed E-state index contributed by atoms with van der Waals surface area (Å²) < 4.78 is 2.81. The Bertz CT molecular complexity index is 95.7. The second kappa shape index (κ2) is 5.19. The van der Waals surface area contributed by atoms with Crippen LogP contribution >= 0.6 is 0 Å². The highest BCUT2D eigenvalue weighted by molar-refractivity contribution is 6.55. The normalized spacial score (nSPS) is 21.0. The molecule has 1 aliphatic heterocycles. The lowest BCUT2D eigenvalue weighted by atomic mass is 10.2. The average Bonchev–Trinajstić information content (AvgIpc) is 2.09. The molecular weight excluding hydrogens is 149 g/mol. The molecule has 1 fully saturated rings. The smallest absolute Gasteiger partial charge is 0.0597 e. The SMILES string of the molecule is C[CH2][Al-]([CH2]C)[N]1CCCCC1. The first kappa shape index (κ1) is 9.58. The maximum Gasteiger partial charge on any atom is 0.0597 e. The Morgan fingerprint density at radius 3 is 2.00 bits per heavy atom. The molecule has 1 saturated heterocycles. The average molecular weight is 169 g/mol. The Hall–Kier alpha value is 0.492. The van der Waals surface area contributed by atoms with Crippen LogP contribution in [0.3, 0.4) is 0 Å². The van der Waals surface area contributed by atoms with Crippen LogP contribution in [0.15, 0.2) is 0 Å². The highest BCUT2D eigenvalue weighted by Gasteiger charge is 2.09. The van der Waals surface area contributed by atoms with Crippen molar-refractivity contribution >= 4 is 14.4 Å². The summed E-state index contributed by atoms with van der Waals surface area (Å²) in [7, 11) is 0. The van der Waals surface area contributed by atoms with Crippen LogP contribution in [0.5, 0.6) is 0 Å². The molecule has 0 aromatic rings. The molecule has 0 aromatic heterocycles. The van der Waals surface area contributed by atoms with Crippen LogP contribution in [-0.4, -0.2) is 31.3 Å². The van der Waals surface area contributed by atoms with Gasteiger partial charge in [0.1, 0.15) is 0 Å². The van der Waals surface area contributed by atoms with Crippen LogP contribution in [0, 0.1) is 0 Å². The van der Waals surface area contributed by atoms with Crippen LogP contribution in [0.4, 0.5) is 0 Å². The van der Waals surface area contributed by atoms with Gasteiger partial charge in [0.15, 0.2) is 0 Å². The number of nitrogens with zero attached hydrogens (tertiary/aromatic N) is 1. The van der Waals surface area contributed by atoms with E-state index in [9.17, 15) is 0 Å². The van der Waals surface area contributed by atoms with Gasteiger partial charge in [-0.15, -0.1) is 13.8 Å². The van der Waals surface area contributed by atoms with E-state index in [0.717, 1.165) is 0 Å². The zero-order valence-electron chi connectivity index (χ0n) is 7.97. The van der Waals surface area contributed by atoms with Crippen molar-refractivity contribution in [2.45, 2.75) is 43.7 Å². The molecule has 0 saturated carbocycles. The van der Waals surface area contributed by atoms with Gasteiger partial charge in [0, 0.05) is 0 Å². The van der Waals surface area contributed by atoms with Crippen LogP contribution in [0.2, 0.25) is 10.6 Å². The van der Waals surface area contributed by atoms with Gasteiger partial charge in [0.2, 0.25) is 0 Å². The predicted molar refractivity (Wildman–Crippen MR) is 52.1 cm³/mol. The summed E-state index contributed by atoms with van der Waals surface area (Å²) in [6.45, 7) is 7.57. The van der Waals surface area contributed by atoms with E-state index in [-0.39, 0.29) is 0 Å². The van der Waals surface area contributed by atoms with Gasteiger partial charge in [-0.2, -0.15) is 0 Å². The van der Waals surface area contributed by atoms with E-state index in [1.54, 1.807) is 0 Å². The van der Waals surface area contributed by atoms with E-state index in [1.165, 1.54) is 42.9 Å². The highest BCUT2D eigenvalue weighted by Crippen LogP contribution is 2.14. The van der Waals surface area contributed by atoms with Gasteiger partial charge < -0.3 is 3.88 Å². The largest absolute Gasteiger partial charge is 0.539 e. The van der Waals surface area contributed by atoms with Crippen LogP contribution in [-0.2, 0) is 0 Å². The fourth-order valence-electron chi connectivity index (χ4n) is 2.09. The molecule has 11 heavy (non-hydrogen) atoms. The van der Waals surface area contributed by atoms with Crippen molar-refractivity contribution in [2.24, 2.45) is 0 Å². The lowest BCUT2D eigenvalue weighted by molar-refractivity contribution is 0.350. The molecule has 0 N–H and O–H groups in total. The molecule has 1 nitrogen and oxygen atoms in total. The predicted octanol–water partition coefficient (Wildman–Crippen LogP) is 2.50. The van der Waals surface area contributed by atoms with E-state index < -0.39 is 14.4 Å². The fourth-order valence-corrected chi connectivity index (χ4v) is 4.79. The van der Waals surface area contributed by atoms with Crippen molar-refractivity contribution in [1.29, 1.82) is 0 Å². The zero-order chi connectivity index (χ0) is 8.10. The van der Waals surface area contributed by atoms with E-state index >= 15 is 0 Å². The van der Waals surface area contributed by atoms with Gasteiger partial charge in [-0.3, -0.25) is 0 Å². The highest BCUT2D eigenvalue weighted by atomic mass is 27.2. The summed E-state index contributed by atoms with van der Waals surface area (Å²) in [4.78, 5) is 0. The van der Waals surface area contributed by atoms with E-state index in [1.807, 2.05) is 0 Å². The summed E-state index contributed by atoms with van der Waals surface area (Å²) in [5.41, 5.74) is 0. The second-order valence-corrected chi connectivity index (χ2v) is 7.24.